The summed E-state index contributed by atoms with van der Waals surface area (Å²) in [5.74, 6) is 0.0207. The van der Waals surface area contributed by atoms with Crippen molar-refractivity contribution in [3.63, 3.8) is 0 Å². The van der Waals surface area contributed by atoms with Crippen LogP contribution in [0.3, 0.4) is 0 Å². The molecule has 1 amide bonds. The zero-order valence-corrected chi connectivity index (χ0v) is 12.0. The van der Waals surface area contributed by atoms with E-state index < -0.39 is 0 Å². The van der Waals surface area contributed by atoms with E-state index in [1.54, 1.807) is 0 Å². The van der Waals surface area contributed by atoms with E-state index in [-0.39, 0.29) is 11.9 Å². The molecule has 0 radical (unpaired) electrons. The van der Waals surface area contributed by atoms with Gasteiger partial charge in [-0.1, -0.05) is 12.1 Å². The van der Waals surface area contributed by atoms with E-state index in [1.165, 1.54) is 0 Å². The number of hydrogen-bond donors (Lipinski definition) is 2. The quantitative estimate of drug-likeness (QED) is 0.867. The van der Waals surface area contributed by atoms with Crippen molar-refractivity contribution in [2.45, 2.75) is 25.9 Å². The number of rotatable bonds is 4. The highest BCUT2D eigenvalue weighted by Gasteiger charge is 2.22. The SMILES string of the molecule is CC(C(=O)Nc1ccc(CN)cc1)N1CCCOCC1. The summed E-state index contributed by atoms with van der Waals surface area (Å²) in [5, 5.41) is 2.95. The van der Waals surface area contributed by atoms with Crippen LogP contribution in [0.15, 0.2) is 24.3 Å². The Morgan fingerprint density at radius 3 is 2.80 bits per heavy atom. The molecule has 1 saturated heterocycles. The molecule has 0 bridgehead atoms. The number of carbonyl (C=O) groups excluding carboxylic acids is 1. The highest BCUT2D eigenvalue weighted by Crippen LogP contribution is 2.12. The normalized spacial score (nSPS) is 18.3. The summed E-state index contributed by atoms with van der Waals surface area (Å²) in [4.78, 5) is 14.4. The Balaban J connectivity index is 1.92. The second-order valence-corrected chi connectivity index (χ2v) is 5.07. The molecule has 5 heteroatoms. The summed E-state index contributed by atoms with van der Waals surface area (Å²) >= 11 is 0. The number of nitrogens with zero attached hydrogens (tertiary/aromatic N) is 1. The van der Waals surface area contributed by atoms with Gasteiger partial charge in [-0.15, -0.1) is 0 Å². The fourth-order valence-electron chi connectivity index (χ4n) is 2.29. The maximum atomic E-state index is 12.3. The van der Waals surface area contributed by atoms with Crippen LogP contribution in [-0.4, -0.2) is 43.2 Å². The first-order valence-corrected chi connectivity index (χ1v) is 7.12. The molecule has 3 N–H and O–H groups in total. The fourth-order valence-corrected chi connectivity index (χ4v) is 2.29. The predicted octanol–water partition coefficient (Wildman–Crippen LogP) is 1.19. The lowest BCUT2D eigenvalue weighted by Gasteiger charge is -2.26. The molecule has 0 saturated carbocycles. The first kappa shape index (κ1) is 15.0. The second kappa shape index (κ2) is 7.38. The summed E-state index contributed by atoms with van der Waals surface area (Å²) in [7, 11) is 0. The van der Waals surface area contributed by atoms with Crippen molar-refractivity contribution < 1.29 is 9.53 Å². The van der Waals surface area contributed by atoms with Crippen LogP contribution in [0.5, 0.6) is 0 Å². The van der Waals surface area contributed by atoms with Crippen LogP contribution < -0.4 is 11.1 Å². The first-order chi connectivity index (χ1) is 9.70. The van der Waals surface area contributed by atoms with Crippen LogP contribution >= 0.6 is 0 Å². The van der Waals surface area contributed by atoms with E-state index >= 15 is 0 Å². The van der Waals surface area contributed by atoms with Crippen LogP contribution in [-0.2, 0) is 16.1 Å². The number of hydrogen-bond acceptors (Lipinski definition) is 4. The third-order valence-corrected chi connectivity index (χ3v) is 3.64. The Labute approximate surface area is 120 Å². The van der Waals surface area contributed by atoms with Gasteiger partial charge in [-0.05, 0) is 31.0 Å². The summed E-state index contributed by atoms with van der Waals surface area (Å²) in [6.07, 6.45) is 0.975. The van der Waals surface area contributed by atoms with E-state index in [9.17, 15) is 4.79 Å². The van der Waals surface area contributed by atoms with Crippen molar-refractivity contribution in [1.82, 2.24) is 4.90 Å². The van der Waals surface area contributed by atoms with Crippen LogP contribution in [0.2, 0.25) is 0 Å². The lowest BCUT2D eigenvalue weighted by atomic mass is 10.2. The zero-order valence-electron chi connectivity index (χ0n) is 12.0. The van der Waals surface area contributed by atoms with E-state index in [1.807, 2.05) is 31.2 Å². The second-order valence-electron chi connectivity index (χ2n) is 5.07. The number of carbonyl (C=O) groups is 1. The molecule has 1 aromatic carbocycles. The van der Waals surface area contributed by atoms with Gasteiger partial charge >= 0.3 is 0 Å². The van der Waals surface area contributed by atoms with Crippen molar-refractivity contribution in [2.75, 3.05) is 31.6 Å². The van der Waals surface area contributed by atoms with Gasteiger partial charge in [-0.3, -0.25) is 9.69 Å². The van der Waals surface area contributed by atoms with Gasteiger partial charge in [0.2, 0.25) is 5.91 Å². The summed E-state index contributed by atoms with van der Waals surface area (Å²) < 4.78 is 5.41. The Kier molecular flexibility index (Phi) is 5.52. The zero-order chi connectivity index (χ0) is 14.4. The highest BCUT2D eigenvalue weighted by molar-refractivity contribution is 5.94. The van der Waals surface area contributed by atoms with Crippen molar-refractivity contribution in [1.29, 1.82) is 0 Å². The molecule has 110 valence electrons. The summed E-state index contributed by atoms with van der Waals surface area (Å²) in [6.45, 7) is 5.64. The summed E-state index contributed by atoms with van der Waals surface area (Å²) in [5.41, 5.74) is 7.42. The molecule has 0 aromatic heterocycles. The van der Waals surface area contributed by atoms with Crippen LogP contribution in [0.4, 0.5) is 5.69 Å². The first-order valence-electron chi connectivity index (χ1n) is 7.12. The number of nitrogens with one attached hydrogen (secondary N) is 1. The predicted molar refractivity (Wildman–Crippen MR) is 79.4 cm³/mol. The van der Waals surface area contributed by atoms with E-state index in [4.69, 9.17) is 10.5 Å². The van der Waals surface area contributed by atoms with E-state index in [0.29, 0.717) is 13.2 Å². The fraction of sp³-hybridized carbons (Fsp3) is 0.533. The average molecular weight is 277 g/mol. The molecule has 20 heavy (non-hydrogen) atoms. The standard InChI is InChI=1S/C15H23N3O2/c1-12(18-7-2-9-20-10-8-18)15(19)17-14-5-3-13(11-16)4-6-14/h3-6,12H,2,7-11,16H2,1H3,(H,17,19). The molecule has 1 aromatic rings. The molecule has 1 aliphatic heterocycles. The minimum Gasteiger partial charge on any atom is -0.380 e. The molecule has 1 heterocycles. The molecule has 1 atom stereocenters. The van der Waals surface area contributed by atoms with Gasteiger partial charge in [-0.2, -0.15) is 0 Å². The van der Waals surface area contributed by atoms with Crippen LogP contribution in [0.25, 0.3) is 0 Å². The van der Waals surface area contributed by atoms with Crippen LogP contribution in [0, 0.1) is 0 Å². The molecular formula is C15H23N3O2. The van der Waals surface area contributed by atoms with Crippen molar-refractivity contribution >= 4 is 11.6 Å². The van der Waals surface area contributed by atoms with Gasteiger partial charge < -0.3 is 15.8 Å². The average Bonchev–Trinajstić information content (AvgIpc) is 2.76. The topological polar surface area (TPSA) is 67.6 Å². The molecular weight excluding hydrogens is 254 g/mol. The number of benzene rings is 1. The largest absolute Gasteiger partial charge is 0.380 e. The van der Waals surface area contributed by atoms with Gasteiger partial charge in [0.05, 0.1) is 12.6 Å². The van der Waals surface area contributed by atoms with Gasteiger partial charge in [-0.25, -0.2) is 0 Å². The van der Waals surface area contributed by atoms with Crippen molar-refractivity contribution in [3.8, 4) is 0 Å². The Morgan fingerprint density at radius 1 is 1.35 bits per heavy atom. The van der Waals surface area contributed by atoms with Gasteiger partial charge in [0.25, 0.3) is 0 Å². The third-order valence-electron chi connectivity index (χ3n) is 3.64. The number of ether oxygens (including phenoxy) is 1. The molecule has 0 spiro atoms. The summed E-state index contributed by atoms with van der Waals surface area (Å²) in [6, 6.07) is 7.49. The molecule has 2 rings (SSSR count). The monoisotopic (exact) mass is 277 g/mol. The Bertz CT molecular complexity index is 425. The smallest absolute Gasteiger partial charge is 0.241 e. The molecule has 0 aliphatic carbocycles. The maximum absolute atomic E-state index is 12.3. The number of nitrogens with two attached hydrogens (primary N) is 1. The van der Waals surface area contributed by atoms with Crippen molar-refractivity contribution in [3.05, 3.63) is 29.8 Å². The minimum absolute atomic E-state index is 0.0207. The Hall–Kier alpha value is -1.43. The molecule has 1 aliphatic rings. The maximum Gasteiger partial charge on any atom is 0.241 e. The van der Waals surface area contributed by atoms with E-state index in [0.717, 1.165) is 37.4 Å². The number of anilines is 1. The van der Waals surface area contributed by atoms with Crippen LogP contribution in [0.1, 0.15) is 18.9 Å². The van der Waals surface area contributed by atoms with E-state index in [2.05, 4.69) is 10.2 Å². The molecule has 1 fully saturated rings. The highest BCUT2D eigenvalue weighted by atomic mass is 16.5. The van der Waals surface area contributed by atoms with Crippen molar-refractivity contribution in [2.24, 2.45) is 5.73 Å². The van der Waals surface area contributed by atoms with Gasteiger partial charge in [0.1, 0.15) is 0 Å². The van der Waals surface area contributed by atoms with Gasteiger partial charge in [0.15, 0.2) is 0 Å². The lowest BCUT2D eigenvalue weighted by molar-refractivity contribution is -0.120. The van der Waals surface area contributed by atoms with Gasteiger partial charge in [0, 0.05) is 31.9 Å². The Morgan fingerprint density at radius 2 is 2.10 bits per heavy atom. The number of amides is 1. The lowest BCUT2D eigenvalue weighted by Crippen LogP contribution is -2.43. The molecule has 1 unspecified atom stereocenters. The minimum atomic E-state index is -0.147. The third kappa shape index (κ3) is 4.03. The molecule has 5 nitrogen and oxygen atoms in total.